The molecule has 2 heterocycles. The number of benzene rings is 1. The first-order valence-electron chi connectivity index (χ1n) is 8.29. The molecule has 1 aliphatic heterocycles. The minimum atomic E-state index is -0.0604. The van der Waals surface area contributed by atoms with E-state index in [1.807, 2.05) is 42.5 Å². The largest absolute Gasteiger partial charge is 0.353 e. The molecular weight excluding hydrogens is 286 g/mol. The summed E-state index contributed by atoms with van der Waals surface area (Å²) in [7, 11) is 0. The fraction of sp³-hybridized carbons (Fsp3) is 0.368. The van der Waals surface area contributed by atoms with Gasteiger partial charge in [0.1, 0.15) is 5.82 Å². The Kier molecular flexibility index (Phi) is 4.91. The van der Waals surface area contributed by atoms with Gasteiger partial charge in [-0.15, -0.1) is 0 Å². The number of anilines is 1. The Balaban J connectivity index is 1.75. The number of hydrogen-bond acceptors (Lipinski definition) is 3. The van der Waals surface area contributed by atoms with Crippen LogP contribution >= 0.6 is 0 Å². The van der Waals surface area contributed by atoms with Crippen molar-refractivity contribution in [2.24, 2.45) is 0 Å². The van der Waals surface area contributed by atoms with Crippen molar-refractivity contribution in [2.45, 2.75) is 38.8 Å². The Morgan fingerprint density at radius 1 is 1.22 bits per heavy atom. The monoisotopic (exact) mass is 309 g/mol. The van der Waals surface area contributed by atoms with Crippen LogP contribution in [0.15, 0.2) is 48.7 Å². The van der Waals surface area contributed by atoms with Crippen LogP contribution in [0, 0.1) is 0 Å². The highest BCUT2D eigenvalue weighted by atomic mass is 16.1. The fourth-order valence-electron chi connectivity index (χ4n) is 3.09. The highest BCUT2D eigenvalue weighted by molar-refractivity contribution is 5.98. The van der Waals surface area contributed by atoms with E-state index in [1.54, 1.807) is 6.20 Å². The van der Waals surface area contributed by atoms with Crippen LogP contribution in [-0.4, -0.2) is 23.5 Å². The van der Waals surface area contributed by atoms with Crippen molar-refractivity contribution in [2.75, 3.05) is 11.4 Å². The maximum absolute atomic E-state index is 12.6. The summed E-state index contributed by atoms with van der Waals surface area (Å²) in [6, 6.07) is 14.1. The van der Waals surface area contributed by atoms with E-state index in [4.69, 9.17) is 0 Å². The van der Waals surface area contributed by atoms with Crippen molar-refractivity contribution in [3.8, 4) is 0 Å². The maximum atomic E-state index is 12.6. The molecule has 1 fully saturated rings. The number of nitrogens with one attached hydrogen (secondary N) is 1. The van der Waals surface area contributed by atoms with Crippen LogP contribution in [0.2, 0.25) is 0 Å². The van der Waals surface area contributed by atoms with Gasteiger partial charge in [-0.2, -0.15) is 0 Å². The highest BCUT2D eigenvalue weighted by Gasteiger charge is 2.24. The number of pyridine rings is 1. The molecule has 1 amide bonds. The van der Waals surface area contributed by atoms with Gasteiger partial charge in [-0.25, -0.2) is 4.98 Å². The van der Waals surface area contributed by atoms with E-state index >= 15 is 0 Å². The third-order valence-electron chi connectivity index (χ3n) is 4.40. The van der Waals surface area contributed by atoms with E-state index in [1.165, 1.54) is 6.42 Å². The molecule has 0 saturated carbocycles. The predicted molar refractivity (Wildman–Crippen MR) is 92.5 cm³/mol. The van der Waals surface area contributed by atoms with Crippen LogP contribution in [0.5, 0.6) is 0 Å². The Labute approximate surface area is 137 Å². The molecule has 4 nitrogen and oxygen atoms in total. The first-order chi connectivity index (χ1) is 11.3. The van der Waals surface area contributed by atoms with Gasteiger partial charge in [-0.05, 0) is 43.9 Å². The molecule has 1 saturated heterocycles. The van der Waals surface area contributed by atoms with Crippen LogP contribution in [-0.2, 0) is 6.54 Å². The molecule has 1 aromatic heterocycles. The third kappa shape index (κ3) is 3.70. The minimum absolute atomic E-state index is 0.0604. The van der Waals surface area contributed by atoms with Crippen molar-refractivity contribution in [3.63, 3.8) is 0 Å². The molecule has 1 unspecified atom stereocenters. The van der Waals surface area contributed by atoms with E-state index in [9.17, 15) is 4.79 Å². The van der Waals surface area contributed by atoms with Crippen LogP contribution in [0.3, 0.4) is 0 Å². The molecule has 1 N–H and O–H groups in total. The normalized spacial score (nSPS) is 17.8. The van der Waals surface area contributed by atoms with Crippen molar-refractivity contribution in [1.82, 2.24) is 10.3 Å². The lowest BCUT2D eigenvalue weighted by atomic mass is 10.0. The first kappa shape index (κ1) is 15.5. The Morgan fingerprint density at radius 3 is 2.83 bits per heavy atom. The van der Waals surface area contributed by atoms with Crippen LogP contribution in [0.25, 0.3) is 0 Å². The van der Waals surface area contributed by atoms with Crippen molar-refractivity contribution in [3.05, 3.63) is 59.8 Å². The van der Waals surface area contributed by atoms with E-state index in [2.05, 4.69) is 22.1 Å². The van der Waals surface area contributed by atoms with Crippen LogP contribution in [0.1, 0.15) is 42.1 Å². The van der Waals surface area contributed by atoms with Gasteiger partial charge in [-0.1, -0.05) is 30.3 Å². The standard InChI is InChI=1S/C19H23N3O/c1-15-8-5-6-13-22(15)18-17(11-7-12-20-18)19(23)21-14-16-9-3-2-4-10-16/h2-4,7,9-12,15H,5-6,8,13-14H2,1H3,(H,21,23). The summed E-state index contributed by atoms with van der Waals surface area (Å²) in [6.45, 7) is 3.71. The average molecular weight is 309 g/mol. The van der Waals surface area contributed by atoms with Crippen LogP contribution < -0.4 is 10.2 Å². The van der Waals surface area contributed by atoms with Crippen molar-refractivity contribution < 1.29 is 4.79 Å². The predicted octanol–water partition coefficient (Wildman–Crippen LogP) is 3.39. The average Bonchev–Trinajstić information content (AvgIpc) is 2.61. The van der Waals surface area contributed by atoms with Gasteiger partial charge in [0, 0.05) is 25.3 Å². The Hall–Kier alpha value is -2.36. The number of aromatic nitrogens is 1. The lowest BCUT2D eigenvalue weighted by Crippen LogP contribution is -2.39. The lowest BCUT2D eigenvalue weighted by Gasteiger charge is -2.35. The molecule has 2 aromatic rings. The molecule has 0 aliphatic carbocycles. The van der Waals surface area contributed by atoms with Gasteiger partial charge in [0.2, 0.25) is 0 Å². The van der Waals surface area contributed by atoms with Crippen LogP contribution in [0.4, 0.5) is 5.82 Å². The van der Waals surface area contributed by atoms with E-state index in [0.29, 0.717) is 18.2 Å². The number of rotatable bonds is 4. The number of hydrogen-bond donors (Lipinski definition) is 1. The van der Waals surface area contributed by atoms with Crippen molar-refractivity contribution in [1.29, 1.82) is 0 Å². The summed E-state index contributed by atoms with van der Waals surface area (Å²) >= 11 is 0. The molecule has 120 valence electrons. The van der Waals surface area contributed by atoms with Gasteiger partial charge in [0.05, 0.1) is 5.56 Å². The molecule has 1 aliphatic rings. The van der Waals surface area contributed by atoms with E-state index < -0.39 is 0 Å². The first-order valence-corrected chi connectivity index (χ1v) is 8.29. The quantitative estimate of drug-likeness (QED) is 0.941. The maximum Gasteiger partial charge on any atom is 0.255 e. The molecule has 1 atom stereocenters. The zero-order valence-electron chi connectivity index (χ0n) is 13.5. The number of carbonyl (C=O) groups excluding carboxylic acids is 1. The van der Waals surface area contributed by atoms with Gasteiger partial charge >= 0.3 is 0 Å². The summed E-state index contributed by atoms with van der Waals surface area (Å²) in [5.74, 6) is 0.750. The van der Waals surface area contributed by atoms with Gasteiger partial charge in [-0.3, -0.25) is 4.79 Å². The molecule has 0 spiro atoms. The summed E-state index contributed by atoms with van der Waals surface area (Å²) < 4.78 is 0. The van der Waals surface area contributed by atoms with Gasteiger partial charge < -0.3 is 10.2 Å². The topological polar surface area (TPSA) is 45.2 Å². The second-order valence-corrected chi connectivity index (χ2v) is 6.08. The molecule has 4 heteroatoms. The molecule has 3 rings (SSSR count). The second kappa shape index (κ2) is 7.27. The molecule has 0 bridgehead atoms. The summed E-state index contributed by atoms with van der Waals surface area (Å²) in [5, 5.41) is 3.00. The highest BCUT2D eigenvalue weighted by Crippen LogP contribution is 2.25. The van der Waals surface area contributed by atoms with Gasteiger partial charge in [0.15, 0.2) is 0 Å². The number of piperidine rings is 1. The summed E-state index contributed by atoms with van der Waals surface area (Å²) in [5.41, 5.74) is 1.76. The molecule has 0 radical (unpaired) electrons. The fourth-order valence-corrected chi connectivity index (χ4v) is 3.09. The molecular formula is C19H23N3O. The molecule has 23 heavy (non-hydrogen) atoms. The SMILES string of the molecule is CC1CCCCN1c1ncccc1C(=O)NCc1ccccc1. The van der Waals surface area contributed by atoms with Gasteiger partial charge in [0.25, 0.3) is 5.91 Å². The Bertz CT molecular complexity index is 657. The third-order valence-corrected chi connectivity index (χ3v) is 4.40. The van der Waals surface area contributed by atoms with Crippen molar-refractivity contribution >= 4 is 11.7 Å². The lowest BCUT2D eigenvalue weighted by molar-refractivity contribution is 0.0951. The number of carbonyl (C=O) groups is 1. The summed E-state index contributed by atoms with van der Waals surface area (Å²) in [4.78, 5) is 19.4. The smallest absolute Gasteiger partial charge is 0.255 e. The summed E-state index contributed by atoms with van der Waals surface area (Å²) in [6.07, 6.45) is 5.33. The zero-order valence-corrected chi connectivity index (χ0v) is 13.5. The van der Waals surface area contributed by atoms with E-state index in [0.717, 1.165) is 30.8 Å². The molecule has 1 aromatic carbocycles. The zero-order chi connectivity index (χ0) is 16.1. The van der Waals surface area contributed by atoms with E-state index in [-0.39, 0.29) is 5.91 Å². The number of amides is 1. The minimum Gasteiger partial charge on any atom is -0.353 e. The number of nitrogens with zero attached hydrogens (tertiary/aromatic N) is 2. The second-order valence-electron chi connectivity index (χ2n) is 6.08. The Morgan fingerprint density at radius 2 is 2.04 bits per heavy atom.